The summed E-state index contributed by atoms with van der Waals surface area (Å²) in [7, 11) is 3.74. The number of aromatic amines is 1. The molecule has 1 aliphatic rings. The zero-order valence-electron chi connectivity index (χ0n) is 17.2. The fourth-order valence-electron chi connectivity index (χ4n) is 4.45. The van der Waals surface area contributed by atoms with E-state index in [-0.39, 0.29) is 12.0 Å². The normalized spacial score (nSPS) is 18.3. The van der Waals surface area contributed by atoms with E-state index < -0.39 is 11.4 Å². The number of hydrogen-bond donors (Lipinski definition) is 3. The van der Waals surface area contributed by atoms with E-state index in [1.54, 1.807) is 4.68 Å². The van der Waals surface area contributed by atoms with Crippen molar-refractivity contribution in [2.75, 3.05) is 7.05 Å². The highest BCUT2D eigenvalue weighted by molar-refractivity contribution is 5.88. The van der Waals surface area contributed by atoms with Gasteiger partial charge in [0.15, 0.2) is 0 Å². The van der Waals surface area contributed by atoms with E-state index in [1.807, 2.05) is 14.1 Å². The first-order valence-electron chi connectivity index (χ1n) is 10.1. The third kappa shape index (κ3) is 3.31. The Bertz CT molecular complexity index is 1310. The highest BCUT2D eigenvalue weighted by atomic mass is 19.1. The SMILES string of the molecule is CNCc1ccc(C2NCc3cc(F)cc4c(=O)[nH]nc(c34)C2c2ncnn2C)cc1. The summed E-state index contributed by atoms with van der Waals surface area (Å²) in [4.78, 5) is 17.0. The Morgan fingerprint density at radius 3 is 2.77 bits per heavy atom. The van der Waals surface area contributed by atoms with Gasteiger partial charge >= 0.3 is 0 Å². The van der Waals surface area contributed by atoms with Crippen LogP contribution in [-0.4, -0.2) is 32.0 Å². The summed E-state index contributed by atoms with van der Waals surface area (Å²) in [5.41, 5.74) is 3.15. The molecule has 3 N–H and O–H groups in total. The van der Waals surface area contributed by atoms with Crippen LogP contribution in [0.2, 0.25) is 0 Å². The van der Waals surface area contributed by atoms with Crippen LogP contribution in [0.1, 0.15) is 40.2 Å². The maximum Gasteiger partial charge on any atom is 0.272 e. The molecule has 0 saturated carbocycles. The summed E-state index contributed by atoms with van der Waals surface area (Å²) in [6.07, 6.45) is 1.50. The first-order valence-corrected chi connectivity index (χ1v) is 10.1. The summed E-state index contributed by atoms with van der Waals surface area (Å²) >= 11 is 0. The highest BCUT2D eigenvalue weighted by Gasteiger charge is 2.35. The molecule has 9 heteroatoms. The molecular weight excluding hydrogens is 397 g/mol. The average molecular weight is 419 g/mol. The Hall–Kier alpha value is -3.43. The molecule has 2 atom stereocenters. The Morgan fingerprint density at radius 1 is 1.26 bits per heavy atom. The van der Waals surface area contributed by atoms with Gasteiger partial charge in [-0.25, -0.2) is 14.5 Å². The largest absolute Gasteiger partial charge is 0.316 e. The van der Waals surface area contributed by atoms with Gasteiger partial charge in [0.05, 0.1) is 17.0 Å². The number of H-pyrrole nitrogens is 1. The van der Waals surface area contributed by atoms with Crippen molar-refractivity contribution in [1.82, 2.24) is 35.6 Å². The van der Waals surface area contributed by atoms with Crippen molar-refractivity contribution in [3.05, 3.63) is 87.1 Å². The average Bonchev–Trinajstić information content (AvgIpc) is 3.11. The molecule has 0 saturated heterocycles. The van der Waals surface area contributed by atoms with Crippen LogP contribution in [0.15, 0.2) is 47.5 Å². The fourth-order valence-corrected chi connectivity index (χ4v) is 4.45. The van der Waals surface area contributed by atoms with Crippen LogP contribution in [0, 0.1) is 5.82 Å². The first-order chi connectivity index (χ1) is 15.1. The Morgan fingerprint density at radius 2 is 2.06 bits per heavy atom. The molecule has 0 radical (unpaired) electrons. The molecule has 0 spiro atoms. The third-order valence-corrected chi connectivity index (χ3v) is 5.85. The van der Waals surface area contributed by atoms with Crippen molar-refractivity contribution in [2.45, 2.75) is 25.0 Å². The lowest BCUT2D eigenvalue weighted by Crippen LogP contribution is -2.28. The molecule has 2 unspecified atom stereocenters. The molecule has 8 nitrogen and oxygen atoms in total. The Labute approximate surface area is 177 Å². The monoisotopic (exact) mass is 419 g/mol. The molecule has 0 aliphatic carbocycles. The van der Waals surface area contributed by atoms with Gasteiger partial charge in [-0.2, -0.15) is 10.2 Å². The number of aromatic nitrogens is 5. The summed E-state index contributed by atoms with van der Waals surface area (Å²) in [6.45, 7) is 1.17. The number of benzene rings is 2. The zero-order valence-corrected chi connectivity index (χ0v) is 17.2. The maximum absolute atomic E-state index is 14.3. The molecule has 1 aliphatic heterocycles. The van der Waals surface area contributed by atoms with Gasteiger partial charge in [0.2, 0.25) is 0 Å². The topological polar surface area (TPSA) is 101 Å². The van der Waals surface area contributed by atoms with Crippen LogP contribution in [0.5, 0.6) is 0 Å². The van der Waals surface area contributed by atoms with Gasteiger partial charge in [0.25, 0.3) is 5.56 Å². The van der Waals surface area contributed by atoms with E-state index in [0.717, 1.165) is 12.1 Å². The molecule has 4 aromatic rings. The predicted molar refractivity (Wildman–Crippen MR) is 114 cm³/mol. The van der Waals surface area contributed by atoms with Crippen LogP contribution in [-0.2, 0) is 20.1 Å². The van der Waals surface area contributed by atoms with Crippen molar-refractivity contribution in [3.8, 4) is 0 Å². The number of nitrogens with zero attached hydrogens (tertiary/aromatic N) is 4. The van der Waals surface area contributed by atoms with E-state index in [0.29, 0.717) is 34.4 Å². The molecular formula is C22H22FN7O. The van der Waals surface area contributed by atoms with Gasteiger partial charge in [0.1, 0.15) is 18.0 Å². The van der Waals surface area contributed by atoms with Crippen molar-refractivity contribution < 1.29 is 4.39 Å². The molecule has 31 heavy (non-hydrogen) atoms. The molecule has 5 rings (SSSR count). The van der Waals surface area contributed by atoms with Gasteiger partial charge < -0.3 is 10.6 Å². The van der Waals surface area contributed by atoms with Crippen molar-refractivity contribution >= 4 is 10.8 Å². The van der Waals surface area contributed by atoms with Crippen LogP contribution < -0.4 is 16.2 Å². The maximum atomic E-state index is 14.3. The summed E-state index contributed by atoms with van der Waals surface area (Å²) < 4.78 is 16.0. The highest BCUT2D eigenvalue weighted by Crippen LogP contribution is 2.40. The molecule has 0 bridgehead atoms. The molecule has 2 aromatic heterocycles. The second-order valence-corrected chi connectivity index (χ2v) is 7.78. The van der Waals surface area contributed by atoms with Gasteiger partial charge in [-0.1, -0.05) is 24.3 Å². The summed E-state index contributed by atoms with van der Waals surface area (Å²) in [6, 6.07) is 10.8. The van der Waals surface area contributed by atoms with Gasteiger partial charge in [0, 0.05) is 31.6 Å². The van der Waals surface area contributed by atoms with E-state index in [4.69, 9.17) is 0 Å². The van der Waals surface area contributed by atoms with E-state index in [2.05, 4.69) is 55.2 Å². The Kier molecular flexibility index (Phi) is 4.84. The molecule has 158 valence electrons. The molecule has 2 aromatic carbocycles. The minimum absolute atomic E-state index is 0.205. The number of aryl methyl sites for hydroxylation is 1. The number of hydrogen-bond acceptors (Lipinski definition) is 6. The molecule has 3 heterocycles. The van der Waals surface area contributed by atoms with Gasteiger partial charge in [-0.3, -0.25) is 9.48 Å². The van der Waals surface area contributed by atoms with Gasteiger partial charge in [-0.05, 0) is 35.9 Å². The second kappa shape index (κ2) is 7.68. The number of halogens is 1. The minimum Gasteiger partial charge on any atom is -0.316 e. The molecule has 0 amide bonds. The Balaban J connectivity index is 1.74. The van der Waals surface area contributed by atoms with Crippen LogP contribution in [0.4, 0.5) is 4.39 Å². The van der Waals surface area contributed by atoms with Crippen LogP contribution in [0.25, 0.3) is 10.8 Å². The van der Waals surface area contributed by atoms with E-state index in [9.17, 15) is 9.18 Å². The second-order valence-electron chi connectivity index (χ2n) is 7.78. The number of nitrogens with one attached hydrogen (secondary N) is 3. The molecule has 0 fully saturated rings. The quantitative estimate of drug-likeness (QED) is 0.467. The zero-order chi connectivity index (χ0) is 21.5. The first kappa shape index (κ1) is 19.5. The smallest absolute Gasteiger partial charge is 0.272 e. The van der Waals surface area contributed by atoms with Crippen LogP contribution in [0.3, 0.4) is 0 Å². The lowest BCUT2D eigenvalue weighted by atomic mass is 9.87. The standard InChI is InChI=1S/C22H22FN7O/c1-24-9-12-3-5-13(6-4-12)19-18(21-26-11-27-30(21)2)20-17-14(10-25-19)7-15(23)8-16(17)22(31)29-28-20/h3-8,11,18-19,24-25H,9-10H2,1-2H3,(H,29,31). The van der Waals surface area contributed by atoms with E-state index in [1.165, 1.54) is 24.0 Å². The van der Waals surface area contributed by atoms with Crippen LogP contribution >= 0.6 is 0 Å². The van der Waals surface area contributed by atoms with Gasteiger partial charge in [-0.15, -0.1) is 0 Å². The van der Waals surface area contributed by atoms with Crippen molar-refractivity contribution in [3.63, 3.8) is 0 Å². The van der Waals surface area contributed by atoms with E-state index >= 15 is 0 Å². The van der Waals surface area contributed by atoms with Crippen molar-refractivity contribution in [2.24, 2.45) is 7.05 Å². The summed E-state index contributed by atoms with van der Waals surface area (Å²) in [5.74, 6) is -0.0828. The number of rotatable bonds is 4. The van der Waals surface area contributed by atoms with Crippen molar-refractivity contribution in [1.29, 1.82) is 0 Å². The minimum atomic E-state index is -0.447. The predicted octanol–water partition coefficient (Wildman–Crippen LogP) is 1.89. The fraction of sp³-hybridized carbons (Fsp3) is 0.273. The lowest BCUT2D eigenvalue weighted by Gasteiger charge is -2.26. The lowest BCUT2D eigenvalue weighted by molar-refractivity contribution is 0.458. The summed E-state index contributed by atoms with van der Waals surface area (Å²) in [5, 5.41) is 18.9. The third-order valence-electron chi connectivity index (χ3n) is 5.85.